The van der Waals surface area contributed by atoms with Gasteiger partial charge in [-0.1, -0.05) is 6.42 Å². The molecular formula is C10H16ClNO. The first kappa shape index (κ1) is 10.8. The number of alkyl halides is 1. The fraction of sp³-hybridized carbons (Fsp3) is 0.900. The van der Waals surface area contributed by atoms with Crippen LogP contribution >= 0.6 is 11.6 Å². The van der Waals surface area contributed by atoms with Crippen LogP contribution in [0.3, 0.4) is 0 Å². The average molecular weight is 202 g/mol. The SMILES string of the molecule is N#C[C@H]1[C@H](CCCCl)CCC[C@H]1O. The maximum Gasteiger partial charge on any atom is 0.0750 e. The normalized spacial score (nSPS) is 34.1. The summed E-state index contributed by atoms with van der Waals surface area (Å²) in [5, 5.41) is 18.5. The summed E-state index contributed by atoms with van der Waals surface area (Å²) in [7, 11) is 0. The molecule has 0 spiro atoms. The van der Waals surface area contributed by atoms with Crippen LogP contribution in [0, 0.1) is 23.2 Å². The van der Waals surface area contributed by atoms with E-state index in [-0.39, 0.29) is 5.92 Å². The van der Waals surface area contributed by atoms with Gasteiger partial charge in [-0.15, -0.1) is 11.6 Å². The van der Waals surface area contributed by atoms with Crippen LogP contribution < -0.4 is 0 Å². The van der Waals surface area contributed by atoms with Crippen molar-refractivity contribution in [1.29, 1.82) is 5.26 Å². The quantitative estimate of drug-likeness (QED) is 0.713. The molecule has 1 aliphatic rings. The first-order chi connectivity index (χ1) is 6.29. The van der Waals surface area contributed by atoms with Crippen molar-refractivity contribution in [3.05, 3.63) is 0 Å². The summed E-state index contributed by atoms with van der Waals surface area (Å²) in [6.07, 6.45) is 4.45. The van der Waals surface area contributed by atoms with E-state index in [4.69, 9.17) is 16.9 Å². The molecule has 1 N–H and O–H groups in total. The Kier molecular flexibility index (Phi) is 4.55. The molecule has 1 aliphatic carbocycles. The van der Waals surface area contributed by atoms with Crippen molar-refractivity contribution in [3.8, 4) is 6.07 Å². The number of rotatable bonds is 3. The topological polar surface area (TPSA) is 44.0 Å². The van der Waals surface area contributed by atoms with E-state index in [9.17, 15) is 5.11 Å². The Morgan fingerprint density at radius 3 is 2.85 bits per heavy atom. The maximum atomic E-state index is 9.58. The highest BCUT2D eigenvalue weighted by Crippen LogP contribution is 2.33. The Labute approximate surface area is 84.5 Å². The molecular weight excluding hydrogens is 186 g/mol. The van der Waals surface area contributed by atoms with E-state index >= 15 is 0 Å². The van der Waals surface area contributed by atoms with Gasteiger partial charge in [0.05, 0.1) is 18.1 Å². The number of hydrogen-bond donors (Lipinski definition) is 1. The summed E-state index contributed by atoms with van der Waals surface area (Å²) in [6.45, 7) is 0. The Bertz CT molecular complexity index is 190. The molecule has 1 rings (SSSR count). The highest BCUT2D eigenvalue weighted by atomic mass is 35.5. The first-order valence-electron chi connectivity index (χ1n) is 4.93. The van der Waals surface area contributed by atoms with E-state index in [0.717, 1.165) is 32.1 Å². The summed E-state index contributed by atoms with van der Waals surface area (Å²) in [4.78, 5) is 0. The molecule has 3 heteroatoms. The molecule has 13 heavy (non-hydrogen) atoms. The number of aliphatic hydroxyl groups is 1. The van der Waals surface area contributed by atoms with Gasteiger partial charge in [-0.25, -0.2) is 0 Å². The van der Waals surface area contributed by atoms with E-state index in [1.54, 1.807) is 0 Å². The van der Waals surface area contributed by atoms with Crippen LogP contribution in [0.2, 0.25) is 0 Å². The van der Waals surface area contributed by atoms with E-state index in [1.165, 1.54) is 0 Å². The summed E-state index contributed by atoms with van der Waals surface area (Å²) < 4.78 is 0. The van der Waals surface area contributed by atoms with Crippen molar-refractivity contribution in [2.24, 2.45) is 11.8 Å². The van der Waals surface area contributed by atoms with Gasteiger partial charge in [-0.05, 0) is 31.6 Å². The van der Waals surface area contributed by atoms with Gasteiger partial charge in [0.25, 0.3) is 0 Å². The van der Waals surface area contributed by atoms with Crippen LogP contribution in [0.4, 0.5) is 0 Å². The lowest BCUT2D eigenvalue weighted by atomic mass is 9.76. The summed E-state index contributed by atoms with van der Waals surface area (Å²) >= 11 is 5.60. The highest BCUT2D eigenvalue weighted by Gasteiger charge is 2.31. The van der Waals surface area contributed by atoms with Crippen molar-refractivity contribution in [2.45, 2.75) is 38.2 Å². The van der Waals surface area contributed by atoms with Crippen molar-refractivity contribution in [2.75, 3.05) is 5.88 Å². The molecule has 0 aromatic rings. The minimum atomic E-state index is -0.404. The Balaban J connectivity index is 2.45. The third-order valence-corrected chi connectivity index (χ3v) is 3.12. The van der Waals surface area contributed by atoms with Gasteiger partial charge >= 0.3 is 0 Å². The number of aliphatic hydroxyl groups excluding tert-OH is 1. The zero-order valence-corrected chi connectivity index (χ0v) is 8.50. The van der Waals surface area contributed by atoms with Gasteiger partial charge in [0.2, 0.25) is 0 Å². The standard InChI is InChI=1S/C10H16ClNO/c11-6-2-4-8-3-1-5-10(13)9(8)7-12/h8-10,13H,1-6H2/t8-,9-,10+/m0/s1. The van der Waals surface area contributed by atoms with E-state index in [2.05, 4.69) is 6.07 Å². The second kappa shape index (κ2) is 5.47. The molecule has 0 saturated heterocycles. The molecule has 1 saturated carbocycles. The summed E-state index contributed by atoms with van der Waals surface area (Å²) in [6, 6.07) is 2.22. The summed E-state index contributed by atoms with van der Waals surface area (Å²) in [5.41, 5.74) is 0. The van der Waals surface area contributed by atoms with E-state index < -0.39 is 6.10 Å². The molecule has 3 atom stereocenters. The molecule has 0 bridgehead atoms. The molecule has 0 aliphatic heterocycles. The largest absolute Gasteiger partial charge is 0.392 e. The van der Waals surface area contributed by atoms with Crippen molar-refractivity contribution in [1.82, 2.24) is 0 Å². The second-order valence-electron chi connectivity index (χ2n) is 3.74. The van der Waals surface area contributed by atoms with Gasteiger partial charge in [0, 0.05) is 5.88 Å². The van der Waals surface area contributed by atoms with Gasteiger partial charge in [0.1, 0.15) is 0 Å². The van der Waals surface area contributed by atoms with Crippen LogP contribution in [-0.4, -0.2) is 17.1 Å². The molecule has 0 aromatic carbocycles. The average Bonchev–Trinajstić information content (AvgIpc) is 2.15. The van der Waals surface area contributed by atoms with E-state index in [1.807, 2.05) is 0 Å². The predicted octanol–water partition coefficient (Wildman–Crippen LogP) is 2.31. The lowest BCUT2D eigenvalue weighted by molar-refractivity contribution is 0.0583. The Morgan fingerprint density at radius 1 is 1.46 bits per heavy atom. The van der Waals surface area contributed by atoms with Gasteiger partial charge in [-0.2, -0.15) is 5.26 Å². The third-order valence-electron chi connectivity index (χ3n) is 2.85. The number of hydrogen-bond acceptors (Lipinski definition) is 2. The number of halogens is 1. The van der Waals surface area contributed by atoms with Crippen LogP contribution in [0.5, 0.6) is 0 Å². The van der Waals surface area contributed by atoms with E-state index in [0.29, 0.717) is 11.8 Å². The lowest BCUT2D eigenvalue weighted by Crippen LogP contribution is -2.31. The highest BCUT2D eigenvalue weighted by molar-refractivity contribution is 6.17. The van der Waals surface area contributed by atoms with Gasteiger partial charge < -0.3 is 5.11 Å². The molecule has 74 valence electrons. The van der Waals surface area contributed by atoms with Crippen LogP contribution in [0.15, 0.2) is 0 Å². The van der Waals surface area contributed by atoms with Crippen molar-refractivity contribution >= 4 is 11.6 Å². The Hall–Kier alpha value is -0.260. The minimum Gasteiger partial charge on any atom is -0.392 e. The molecule has 1 fully saturated rings. The monoisotopic (exact) mass is 201 g/mol. The molecule has 0 heterocycles. The fourth-order valence-electron chi connectivity index (χ4n) is 2.12. The zero-order valence-electron chi connectivity index (χ0n) is 7.75. The molecule has 0 unspecified atom stereocenters. The molecule has 0 radical (unpaired) electrons. The predicted molar refractivity (Wildman–Crippen MR) is 52.4 cm³/mol. The van der Waals surface area contributed by atoms with Gasteiger partial charge in [-0.3, -0.25) is 0 Å². The fourth-order valence-corrected chi connectivity index (χ4v) is 2.27. The smallest absolute Gasteiger partial charge is 0.0750 e. The van der Waals surface area contributed by atoms with Gasteiger partial charge in [0.15, 0.2) is 0 Å². The van der Waals surface area contributed by atoms with Crippen LogP contribution in [-0.2, 0) is 0 Å². The first-order valence-corrected chi connectivity index (χ1v) is 5.46. The van der Waals surface area contributed by atoms with Crippen LogP contribution in [0.1, 0.15) is 32.1 Å². The second-order valence-corrected chi connectivity index (χ2v) is 4.12. The molecule has 2 nitrogen and oxygen atoms in total. The Morgan fingerprint density at radius 2 is 2.23 bits per heavy atom. The third kappa shape index (κ3) is 2.86. The minimum absolute atomic E-state index is 0.156. The van der Waals surface area contributed by atoms with Crippen molar-refractivity contribution in [3.63, 3.8) is 0 Å². The molecule has 0 amide bonds. The zero-order chi connectivity index (χ0) is 9.68. The molecule has 0 aromatic heterocycles. The number of nitriles is 1. The lowest BCUT2D eigenvalue weighted by Gasteiger charge is -2.30. The van der Waals surface area contributed by atoms with Crippen LogP contribution in [0.25, 0.3) is 0 Å². The number of nitrogens with zero attached hydrogens (tertiary/aromatic N) is 1. The maximum absolute atomic E-state index is 9.58. The summed E-state index contributed by atoms with van der Waals surface area (Å²) in [5.74, 6) is 0.870. The van der Waals surface area contributed by atoms with Crippen molar-refractivity contribution < 1.29 is 5.11 Å².